The SMILES string of the molecule is COC(=O)C1[C@@H]2C[C@@H]([C@H]3C[C@H]32)N1C(=O)OC(C)(C)C. The number of esters is 1. The Morgan fingerprint density at radius 3 is 2.37 bits per heavy atom. The van der Waals surface area contributed by atoms with Gasteiger partial charge in [-0.15, -0.1) is 0 Å². The van der Waals surface area contributed by atoms with E-state index in [0.717, 1.165) is 12.8 Å². The van der Waals surface area contributed by atoms with Crippen LogP contribution in [0.15, 0.2) is 0 Å². The molecule has 0 aromatic heterocycles. The van der Waals surface area contributed by atoms with Crippen molar-refractivity contribution >= 4 is 12.1 Å². The van der Waals surface area contributed by atoms with Gasteiger partial charge < -0.3 is 9.47 Å². The Bertz CT molecular complexity index is 428. The quantitative estimate of drug-likeness (QED) is 0.680. The van der Waals surface area contributed by atoms with E-state index in [4.69, 9.17) is 9.47 Å². The van der Waals surface area contributed by atoms with E-state index in [1.165, 1.54) is 7.11 Å². The van der Waals surface area contributed by atoms with E-state index in [9.17, 15) is 9.59 Å². The van der Waals surface area contributed by atoms with E-state index in [-0.39, 0.29) is 24.0 Å². The zero-order chi connectivity index (χ0) is 13.9. The Hall–Kier alpha value is -1.26. The maximum Gasteiger partial charge on any atom is 0.411 e. The zero-order valence-electron chi connectivity index (χ0n) is 11.9. The van der Waals surface area contributed by atoms with Crippen LogP contribution in [-0.2, 0) is 14.3 Å². The van der Waals surface area contributed by atoms with Gasteiger partial charge in [-0.2, -0.15) is 0 Å². The summed E-state index contributed by atoms with van der Waals surface area (Å²) >= 11 is 0. The summed E-state index contributed by atoms with van der Waals surface area (Å²) in [6, 6.07) is -0.262. The molecule has 1 amide bonds. The van der Waals surface area contributed by atoms with Crippen molar-refractivity contribution in [3.05, 3.63) is 0 Å². The maximum atomic E-state index is 12.3. The molecule has 106 valence electrons. The molecule has 5 atom stereocenters. The highest BCUT2D eigenvalue weighted by atomic mass is 16.6. The number of ether oxygens (including phenoxy) is 2. The van der Waals surface area contributed by atoms with Gasteiger partial charge in [0.05, 0.1) is 7.11 Å². The molecule has 2 saturated carbocycles. The third-order valence-electron chi connectivity index (χ3n) is 4.56. The van der Waals surface area contributed by atoms with Gasteiger partial charge in [0.25, 0.3) is 0 Å². The first kappa shape index (κ1) is 12.8. The van der Waals surface area contributed by atoms with E-state index in [2.05, 4.69) is 0 Å². The molecule has 0 aromatic rings. The number of fused-ring (bicyclic) bond motifs is 5. The van der Waals surface area contributed by atoms with Crippen molar-refractivity contribution in [1.29, 1.82) is 0 Å². The van der Waals surface area contributed by atoms with Gasteiger partial charge in [-0.3, -0.25) is 4.90 Å². The molecule has 5 nitrogen and oxygen atoms in total. The number of carbonyl (C=O) groups is 2. The second kappa shape index (κ2) is 3.87. The van der Waals surface area contributed by atoms with Crippen molar-refractivity contribution in [3.63, 3.8) is 0 Å². The van der Waals surface area contributed by atoms with Crippen molar-refractivity contribution in [2.45, 2.75) is 51.3 Å². The van der Waals surface area contributed by atoms with Crippen molar-refractivity contribution in [3.8, 4) is 0 Å². The first-order chi connectivity index (χ1) is 8.83. The van der Waals surface area contributed by atoms with Gasteiger partial charge in [-0.25, -0.2) is 9.59 Å². The molecule has 1 saturated heterocycles. The number of nitrogens with zero attached hydrogens (tertiary/aromatic N) is 1. The van der Waals surface area contributed by atoms with Crippen LogP contribution in [0.4, 0.5) is 4.79 Å². The first-order valence-electron chi connectivity index (χ1n) is 6.92. The van der Waals surface area contributed by atoms with Crippen LogP contribution in [0.5, 0.6) is 0 Å². The van der Waals surface area contributed by atoms with Gasteiger partial charge in [0.15, 0.2) is 0 Å². The van der Waals surface area contributed by atoms with E-state index in [1.807, 2.05) is 20.8 Å². The zero-order valence-corrected chi connectivity index (χ0v) is 11.9. The molecule has 1 heterocycles. The molecule has 5 heteroatoms. The van der Waals surface area contributed by atoms with Crippen molar-refractivity contribution in [2.24, 2.45) is 17.8 Å². The Morgan fingerprint density at radius 1 is 1.11 bits per heavy atom. The van der Waals surface area contributed by atoms with E-state index >= 15 is 0 Å². The van der Waals surface area contributed by atoms with Crippen molar-refractivity contribution in [1.82, 2.24) is 4.90 Å². The van der Waals surface area contributed by atoms with Gasteiger partial charge in [0.1, 0.15) is 11.6 Å². The van der Waals surface area contributed by atoms with Crippen LogP contribution in [0.2, 0.25) is 0 Å². The van der Waals surface area contributed by atoms with Crippen LogP contribution in [0, 0.1) is 17.8 Å². The molecule has 0 aromatic carbocycles. The van der Waals surface area contributed by atoms with Crippen molar-refractivity contribution in [2.75, 3.05) is 7.11 Å². The fourth-order valence-corrected chi connectivity index (χ4v) is 3.87. The largest absolute Gasteiger partial charge is 0.467 e. The number of rotatable bonds is 1. The molecule has 3 aliphatic rings. The van der Waals surface area contributed by atoms with Crippen LogP contribution in [0.25, 0.3) is 0 Å². The third kappa shape index (κ3) is 1.90. The topological polar surface area (TPSA) is 55.8 Å². The van der Waals surface area contributed by atoms with Crippen LogP contribution >= 0.6 is 0 Å². The molecule has 0 N–H and O–H groups in total. The summed E-state index contributed by atoms with van der Waals surface area (Å²) < 4.78 is 10.3. The third-order valence-corrected chi connectivity index (χ3v) is 4.56. The summed E-state index contributed by atoms with van der Waals surface area (Å²) in [5.41, 5.74) is -0.539. The second-order valence-electron chi connectivity index (χ2n) is 6.89. The summed E-state index contributed by atoms with van der Waals surface area (Å²) in [7, 11) is 1.38. The fourth-order valence-electron chi connectivity index (χ4n) is 3.87. The highest BCUT2D eigenvalue weighted by Crippen LogP contribution is 2.63. The first-order valence-corrected chi connectivity index (χ1v) is 6.92. The standard InChI is InChI=1S/C14H21NO4/c1-14(2,3)19-13(17)15-10-6-9(7-5-8(7)10)11(15)12(16)18-4/h7-11H,5-6H2,1-4H3/t7-,8+,9-,10+,11?/m1/s1. The average Bonchev–Trinajstić information content (AvgIpc) is 2.92. The Balaban J connectivity index is 1.82. The van der Waals surface area contributed by atoms with E-state index in [1.54, 1.807) is 4.90 Å². The van der Waals surface area contributed by atoms with Crippen LogP contribution in [0.3, 0.4) is 0 Å². The molecule has 1 aliphatic heterocycles. The highest BCUT2D eigenvalue weighted by molar-refractivity contribution is 5.83. The predicted molar refractivity (Wildman–Crippen MR) is 67.4 cm³/mol. The lowest BCUT2D eigenvalue weighted by Gasteiger charge is -2.34. The van der Waals surface area contributed by atoms with Gasteiger partial charge >= 0.3 is 12.1 Å². The van der Waals surface area contributed by atoms with Crippen LogP contribution in [0.1, 0.15) is 33.6 Å². The maximum absolute atomic E-state index is 12.3. The second-order valence-corrected chi connectivity index (χ2v) is 6.89. The normalized spacial score (nSPS) is 38.9. The number of hydrogen-bond acceptors (Lipinski definition) is 4. The summed E-state index contributed by atoms with van der Waals surface area (Å²) in [6.45, 7) is 5.52. The Morgan fingerprint density at radius 2 is 1.79 bits per heavy atom. The summed E-state index contributed by atoms with van der Waals surface area (Å²) in [4.78, 5) is 26.0. The predicted octanol–water partition coefficient (Wildman–Crippen LogP) is 1.80. The van der Waals surface area contributed by atoms with Gasteiger partial charge in [-0.1, -0.05) is 0 Å². The molecule has 0 radical (unpaired) electrons. The summed E-state index contributed by atoms with van der Waals surface area (Å²) in [5.74, 6) is 1.17. The molecule has 1 unspecified atom stereocenters. The molecule has 2 bridgehead atoms. The van der Waals surface area contributed by atoms with Crippen LogP contribution in [-0.4, -0.2) is 41.8 Å². The molecule has 3 rings (SSSR count). The lowest BCUT2D eigenvalue weighted by atomic mass is 9.97. The number of carbonyl (C=O) groups excluding carboxylic acids is 2. The minimum atomic E-state index is -0.539. The summed E-state index contributed by atoms with van der Waals surface area (Å²) in [6.07, 6.45) is 1.69. The van der Waals surface area contributed by atoms with Gasteiger partial charge in [-0.05, 0) is 51.4 Å². The molecule has 2 aliphatic carbocycles. The molecule has 3 fully saturated rings. The lowest BCUT2D eigenvalue weighted by molar-refractivity contribution is -0.148. The number of piperidine rings is 1. The van der Waals surface area contributed by atoms with E-state index in [0.29, 0.717) is 11.8 Å². The van der Waals surface area contributed by atoms with Gasteiger partial charge in [0.2, 0.25) is 0 Å². The smallest absolute Gasteiger partial charge is 0.411 e. The monoisotopic (exact) mass is 267 g/mol. The Labute approximate surface area is 113 Å². The molecule has 0 spiro atoms. The number of likely N-dealkylation sites (tertiary alicyclic amines) is 1. The number of amides is 1. The fraction of sp³-hybridized carbons (Fsp3) is 0.857. The average molecular weight is 267 g/mol. The van der Waals surface area contributed by atoms with E-state index < -0.39 is 11.6 Å². The lowest BCUT2D eigenvalue weighted by Crippen LogP contribution is -2.51. The molecule has 19 heavy (non-hydrogen) atoms. The minimum Gasteiger partial charge on any atom is -0.467 e. The number of hydrogen-bond donors (Lipinski definition) is 0. The number of methoxy groups -OCH3 is 1. The minimum absolute atomic E-state index is 0.175. The summed E-state index contributed by atoms with van der Waals surface area (Å²) in [5, 5.41) is 0. The molecular weight excluding hydrogens is 246 g/mol. The van der Waals surface area contributed by atoms with Crippen molar-refractivity contribution < 1.29 is 19.1 Å². The van der Waals surface area contributed by atoms with Gasteiger partial charge in [0, 0.05) is 6.04 Å². The molecular formula is C14H21NO4. The highest BCUT2D eigenvalue weighted by Gasteiger charge is 2.68. The van der Waals surface area contributed by atoms with Crippen LogP contribution < -0.4 is 0 Å². The Kier molecular flexibility index (Phi) is 2.60.